The van der Waals surface area contributed by atoms with E-state index in [1.165, 1.54) is 0 Å². The molecule has 1 atom stereocenters. The second-order valence-corrected chi connectivity index (χ2v) is 4.03. The Bertz CT molecular complexity index is 284. The number of hydrogen-bond acceptors (Lipinski definition) is 3. The van der Waals surface area contributed by atoms with Crippen LogP contribution in [0, 0.1) is 0 Å². The fourth-order valence-corrected chi connectivity index (χ4v) is 1.32. The van der Waals surface area contributed by atoms with Crippen LogP contribution in [-0.2, 0) is 18.2 Å². The lowest BCUT2D eigenvalue weighted by Gasteiger charge is -2.13. The Morgan fingerprint density at radius 1 is 1.53 bits per heavy atom. The van der Waals surface area contributed by atoms with Crippen LogP contribution in [0.2, 0.25) is 0 Å². The van der Waals surface area contributed by atoms with Crippen LogP contribution in [0.15, 0.2) is 12.4 Å². The van der Waals surface area contributed by atoms with Gasteiger partial charge in [-0.3, -0.25) is 0 Å². The van der Waals surface area contributed by atoms with Crippen LogP contribution in [0.5, 0.6) is 0 Å². The third-order valence-electron chi connectivity index (χ3n) is 2.24. The van der Waals surface area contributed by atoms with Gasteiger partial charge in [-0.1, -0.05) is 0 Å². The van der Waals surface area contributed by atoms with Crippen LogP contribution in [-0.4, -0.2) is 33.5 Å². The zero-order chi connectivity index (χ0) is 11.3. The second-order valence-electron chi connectivity index (χ2n) is 4.03. The summed E-state index contributed by atoms with van der Waals surface area (Å²) in [6.45, 7) is 4.33. The average molecular weight is 212 g/mol. The summed E-state index contributed by atoms with van der Waals surface area (Å²) in [5.74, 6) is 0.999. The summed E-state index contributed by atoms with van der Waals surface area (Å²) in [5.41, 5.74) is 0. The third kappa shape index (κ3) is 4.44. The van der Waals surface area contributed by atoms with E-state index in [2.05, 4.69) is 4.98 Å². The van der Waals surface area contributed by atoms with Gasteiger partial charge in [-0.25, -0.2) is 4.98 Å². The normalized spacial score (nSPS) is 13.4. The van der Waals surface area contributed by atoms with Crippen LogP contribution in [0.4, 0.5) is 0 Å². The lowest BCUT2D eigenvalue weighted by Crippen LogP contribution is -2.19. The Morgan fingerprint density at radius 2 is 2.27 bits per heavy atom. The van der Waals surface area contributed by atoms with Crippen molar-refractivity contribution in [3.8, 4) is 0 Å². The zero-order valence-corrected chi connectivity index (χ0v) is 9.68. The minimum Gasteiger partial charge on any atom is -0.391 e. The first kappa shape index (κ1) is 12.2. The van der Waals surface area contributed by atoms with Gasteiger partial charge in [0, 0.05) is 25.9 Å². The number of rotatable bonds is 6. The molecule has 0 amide bonds. The van der Waals surface area contributed by atoms with Crippen molar-refractivity contribution in [3.63, 3.8) is 0 Å². The highest BCUT2D eigenvalue weighted by Crippen LogP contribution is 2.03. The predicted molar refractivity (Wildman–Crippen MR) is 58.6 cm³/mol. The summed E-state index contributed by atoms with van der Waals surface area (Å²) in [5, 5.41) is 9.63. The number of aromatic nitrogens is 2. The lowest BCUT2D eigenvalue weighted by atomic mass is 10.2. The van der Waals surface area contributed by atoms with Crippen LogP contribution >= 0.6 is 0 Å². The Balaban J connectivity index is 2.22. The van der Waals surface area contributed by atoms with Gasteiger partial charge in [-0.15, -0.1) is 0 Å². The Labute approximate surface area is 90.9 Å². The molecule has 86 valence electrons. The van der Waals surface area contributed by atoms with E-state index in [1.807, 2.05) is 31.7 Å². The Morgan fingerprint density at radius 3 is 2.80 bits per heavy atom. The number of aliphatic hydroxyl groups is 1. The highest BCUT2D eigenvalue weighted by Gasteiger charge is 2.07. The molecular formula is C11H20N2O2. The third-order valence-corrected chi connectivity index (χ3v) is 2.24. The van der Waals surface area contributed by atoms with Crippen molar-refractivity contribution >= 4 is 0 Å². The van der Waals surface area contributed by atoms with E-state index in [-0.39, 0.29) is 6.10 Å². The van der Waals surface area contributed by atoms with Gasteiger partial charge in [0.15, 0.2) is 0 Å². The molecule has 0 spiro atoms. The van der Waals surface area contributed by atoms with Crippen molar-refractivity contribution in [2.75, 3.05) is 6.61 Å². The molecule has 0 saturated carbocycles. The van der Waals surface area contributed by atoms with Gasteiger partial charge < -0.3 is 14.4 Å². The molecule has 0 aliphatic heterocycles. The predicted octanol–water partition coefficient (Wildman–Crippen LogP) is 1.14. The van der Waals surface area contributed by atoms with E-state index in [4.69, 9.17) is 4.74 Å². The maximum atomic E-state index is 9.63. The van der Waals surface area contributed by atoms with Gasteiger partial charge >= 0.3 is 0 Å². The summed E-state index contributed by atoms with van der Waals surface area (Å²) in [7, 11) is 1.96. The number of imidazole rings is 1. The van der Waals surface area contributed by atoms with Crippen molar-refractivity contribution in [3.05, 3.63) is 18.2 Å². The fourth-order valence-electron chi connectivity index (χ4n) is 1.32. The number of aliphatic hydroxyl groups excluding tert-OH is 1. The molecule has 0 fully saturated rings. The number of nitrogens with zero attached hydrogens (tertiary/aromatic N) is 2. The molecule has 0 saturated heterocycles. The number of aryl methyl sites for hydroxylation is 2. The summed E-state index contributed by atoms with van der Waals surface area (Å²) in [6, 6.07) is 0. The van der Waals surface area contributed by atoms with E-state index in [1.54, 1.807) is 6.20 Å². The van der Waals surface area contributed by atoms with Crippen molar-refractivity contribution < 1.29 is 9.84 Å². The van der Waals surface area contributed by atoms with E-state index in [9.17, 15) is 5.11 Å². The van der Waals surface area contributed by atoms with Gasteiger partial charge in [0.2, 0.25) is 0 Å². The molecule has 0 radical (unpaired) electrons. The molecule has 0 aromatic carbocycles. The van der Waals surface area contributed by atoms with Gasteiger partial charge in [-0.05, 0) is 20.3 Å². The smallest absolute Gasteiger partial charge is 0.108 e. The zero-order valence-electron chi connectivity index (χ0n) is 9.68. The maximum Gasteiger partial charge on any atom is 0.108 e. The molecule has 1 unspecified atom stereocenters. The molecule has 1 aromatic rings. The van der Waals surface area contributed by atoms with Crippen molar-refractivity contribution in [2.45, 2.75) is 38.9 Å². The monoisotopic (exact) mass is 212 g/mol. The molecule has 0 aliphatic carbocycles. The second kappa shape index (κ2) is 5.88. The van der Waals surface area contributed by atoms with Crippen LogP contribution in [0.25, 0.3) is 0 Å². The topological polar surface area (TPSA) is 47.3 Å². The summed E-state index contributed by atoms with van der Waals surface area (Å²) in [6.07, 6.45) is 4.93. The van der Waals surface area contributed by atoms with Gasteiger partial charge in [0.05, 0.1) is 18.8 Å². The molecule has 0 bridgehead atoms. The standard InChI is InChI=1S/C11H20N2O2/c1-9(2)15-8-10(14)4-5-11-12-6-7-13(11)3/h6-7,9-10,14H,4-5,8H2,1-3H3. The molecule has 0 aliphatic rings. The molecule has 1 aromatic heterocycles. The molecule has 4 heteroatoms. The quantitative estimate of drug-likeness (QED) is 0.769. The van der Waals surface area contributed by atoms with E-state index in [0.29, 0.717) is 13.0 Å². The van der Waals surface area contributed by atoms with Gasteiger partial charge in [-0.2, -0.15) is 0 Å². The molecule has 4 nitrogen and oxygen atoms in total. The van der Waals surface area contributed by atoms with E-state index >= 15 is 0 Å². The first-order chi connectivity index (χ1) is 7.09. The highest BCUT2D eigenvalue weighted by molar-refractivity contribution is 4.91. The summed E-state index contributed by atoms with van der Waals surface area (Å²) in [4.78, 5) is 4.19. The lowest BCUT2D eigenvalue weighted by molar-refractivity contribution is 0.00264. The van der Waals surface area contributed by atoms with Crippen LogP contribution < -0.4 is 0 Å². The molecule has 1 N–H and O–H groups in total. The first-order valence-corrected chi connectivity index (χ1v) is 5.35. The minimum atomic E-state index is -0.399. The minimum absolute atomic E-state index is 0.174. The van der Waals surface area contributed by atoms with Crippen molar-refractivity contribution in [2.24, 2.45) is 7.05 Å². The summed E-state index contributed by atoms with van der Waals surface area (Å²) < 4.78 is 7.29. The van der Waals surface area contributed by atoms with Crippen LogP contribution in [0.3, 0.4) is 0 Å². The molecule has 1 rings (SSSR count). The largest absolute Gasteiger partial charge is 0.391 e. The van der Waals surface area contributed by atoms with Crippen molar-refractivity contribution in [1.29, 1.82) is 0 Å². The summed E-state index contributed by atoms with van der Waals surface area (Å²) >= 11 is 0. The van der Waals surface area contributed by atoms with Gasteiger partial charge in [0.25, 0.3) is 0 Å². The number of hydrogen-bond donors (Lipinski definition) is 1. The SMILES string of the molecule is CC(C)OCC(O)CCc1nccn1C. The van der Waals surface area contributed by atoms with E-state index in [0.717, 1.165) is 12.2 Å². The fraction of sp³-hybridized carbons (Fsp3) is 0.727. The van der Waals surface area contributed by atoms with Crippen molar-refractivity contribution in [1.82, 2.24) is 9.55 Å². The number of ether oxygens (including phenoxy) is 1. The average Bonchev–Trinajstić information content (AvgIpc) is 2.58. The molecular weight excluding hydrogens is 192 g/mol. The Kier molecular flexibility index (Phi) is 4.78. The highest BCUT2D eigenvalue weighted by atomic mass is 16.5. The first-order valence-electron chi connectivity index (χ1n) is 5.35. The van der Waals surface area contributed by atoms with E-state index < -0.39 is 6.10 Å². The van der Waals surface area contributed by atoms with Gasteiger partial charge in [0.1, 0.15) is 5.82 Å². The molecule has 15 heavy (non-hydrogen) atoms. The maximum absolute atomic E-state index is 9.63. The molecule has 1 heterocycles. The Hall–Kier alpha value is -0.870. The van der Waals surface area contributed by atoms with Crippen LogP contribution in [0.1, 0.15) is 26.1 Å².